The summed E-state index contributed by atoms with van der Waals surface area (Å²) < 4.78 is 0.749. The molecule has 90 valence electrons. The van der Waals surface area contributed by atoms with E-state index >= 15 is 0 Å². The summed E-state index contributed by atoms with van der Waals surface area (Å²) in [6.45, 7) is 0. The number of para-hydroxylation sites is 1. The summed E-state index contributed by atoms with van der Waals surface area (Å²) in [5.41, 5.74) is 3.83. The Morgan fingerprint density at radius 3 is 2.71 bits per heavy atom. The third-order valence-electron chi connectivity index (χ3n) is 3.19. The fourth-order valence-electron chi connectivity index (χ4n) is 2.41. The lowest BCUT2D eigenvalue weighted by molar-refractivity contribution is -0.137. The van der Waals surface area contributed by atoms with Crippen molar-refractivity contribution < 1.29 is 9.90 Å². The highest BCUT2D eigenvalue weighted by Gasteiger charge is 2.29. The van der Waals surface area contributed by atoms with Gasteiger partial charge in [0, 0.05) is 23.6 Å². The van der Waals surface area contributed by atoms with Crippen molar-refractivity contribution in [3.63, 3.8) is 0 Å². The van der Waals surface area contributed by atoms with Gasteiger partial charge < -0.3 is 5.11 Å². The van der Waals surface area contributed by atoms with Crippen LogP contribution in [0.4, 0.5) is 5.69 Å². The van der Waals surface area contributed by atoms with Gasteiger partial charge in [0.1, 0.15) is 11.9 Å². The quantitative estimate of drug-likeness (QED) is 0.810. The van der Waals surface area contributed by atoms with E-state index in [4.69, 9.17) is 5.11 Å². The van der Waals surface area contributed by atoms with Crippen LogP contribution in [0.3, 0.4) is 0 Å². The second kappa shape index (κ2) is 4.34. The molecule has 0 aliphatic carbocycles. The molecule has 1 N–H and O–H groups in total. The van der Waals surface area contributed by atoms with Crippen molar-refractivity contribution in [1.29, 1.82) is 0 Å². The van der Waals surface area contributed by atoms with Crippen LogP contribution in [0.2, 0.25) is 0 Å². The second-order valence-electron chi connectivity index (χ2n) is 4.96. The summed E-state index contributed by atoms with van der Waals surface area (Å²) in [6.07, 6.45) is 4.00. The van der Waals surface area contributed by atoms with E-state index in [1.807, 2.05) is 12.1 Å². The first-order chi connectivity index (χ1) is 8.00. The molecule has 1 heterocycles. The summed E-state index contributed by atoms with van der Waals surface area (Å²) in [5, 5.41) is 8.66. The zero-order valence-electron chi connectivity index (χ0n) is 10.3. The Kier molecular flexibility index (Phi) is 3.03. The summed E-state index contributed by atoms with van der Waals surface area (Å²) in [7, 11) is 4.28. The highest BCUT2D eigenvalue weighted by Crippen LogP contribution is 2.39. The third-order valence-corrected chi connectivity index (χ3v) is 3.19. The first-order valence-electron chi connectivity index (χ1n) is 5.88. The molecule has 0 spiro atoms. The van der Waals surface area contributed by atoms with Gasteiger partial charge in [-0.05, 0) is 18.9 Å². The van der Waals surface area contributed by atoms with E-state index < -0.39 is 5.97 Å². The first kappa shape index (κ1) is 11.9. The number of carbonyl (C=O) groups is 1. The average Bonchev–Trinajstić information content (AvgIpc) is 2.51. The minimum atomic E-state index is -0.717. The summed E-state index contributed by atoms with van der Waals surface area (Å²) >= 11 is 0. The molecule has 0 amide bonds. The van der Waals surface area contributed by atoms with Crippen LogP contribution in [-0.4, -0.2) is 25.2 Å². The number of hydrogen-bond donors (Lipinski definition) is 1. The summed E-state index contributed by atoms with van der Waals surface area (Å²) in [4.78, 5) is 10.5. The molecule has 0 fully saturated rings. The van der Waals surface area contributed by atoms with Gasteiger partial charge in [-0.2, -0.15) is 0 Å². The summed E-state index contributed by atoms with van der Waals surface area (Å²) in [5.74, 6) is -0.717. The van der Waals surface area contributed by atoms with Crippen molar-refractivity contribution in [2.75, 3.05) is 14.1 Å². The fraction of sp³-hybridized carbons (Fsp3) is 0.357. The summed E-state index contributed by atoms with van der Waals surface area (Å²) in [6, 6.07) is 8.34. The molecular formula is C14H18NO2+. The van der Waals surface area contributed by atoms with Crippen molar-refractivity contribution in [3.8, 4) is 0 Å². The van der Waals surface area contributed by atoms with E-state index in [0.717, 1.165) is 10.9 Å². The standard InChI is InChI=1S/C14H17NO2/c1-15(2)10-11(6-5-9-14(16)17)12-7-3-4-8-13(12)15/h3-4,7-8,10H,5-6,9H2,1-2H3/p+1. The van der Waals surface area contributed by atoms with Crippen LogP contribution < -0.4 is 4.48 Å². The Balaban J connectivity index is 2.17. The predicted molar refractivity (Wildman–Crippen MR) is 69.5 cm³/mol. The molecule has 1 aliphatic rings. The molecule has 3 nitrogen and oxygen atoms in total. The number of allylic oxidation sites excluding steroid dienone is 1. The van der Waals surface area contributed by atoms with Crippen LogP contribution in [-0.2, 0) is 4.79 Å². The van der Waals surface area contributed by atoms with Crippen LogP contribution >= 0.6 is 0 Å². The van der Waals surface area contributed by atoms with Crippen molar-refractivity contribution in [3.05, 3.63) is 36.0 Å². The maximum atomic E-state index is 10.5. The maximum Gasteiger partial charge on any atom is 0.303 e. The van der Waals surface area contributed by atoms with Crippen LogP contribution in [0.1, 0.15) is 24.8 Å². The Labute approximate surface area is 102 Å². The van der Waals surface area contributed by atoms with E-state index in [0.29, 0.717) is 6.42 Å². The molecule has 0 saturated heterocycles. The van der Waals surface area contributed by atoms with Gasteiger partial charge >= 0.3 is 5.97 Å². The molecule has 3 heteroatoms. The van der Waals surface area contributed by atoms with E-state index in [2.05, 4.69) is 32.4 Å². The van der Waals surface area contributed by atoms with Crippen molar-refractivity contribution in [2.45, 2.75) is 19.3 Å². The lowest BCUT2D eigenvalue weighted by Gasteiger charge is -2.20. The zero-order valence-corrected chi connectivity index (χ0v) is 10.3. The maximum absolute atomic E-state index is 10.5. The Morgan fingerprint density at radius 1 is 1.29 bits per heavy atom. The second-order valence-corrected chi connectivity index (χ2v) is 4.96. The molecule has 0 saturated carbocycles. The van der Waals surface area contributed by atoms with Crippen LogP contribution in [0, 0.1) is 0 Å². The van der Waals surface area contributed by atoms with Gasteiger partial charge in [0.15, 0.2) is 0 Å². The highest BCUT2D eigenvalue weighted by atomic mass is 16.4. The molecule has 0 aromatic heterocycles. The predicted octanol–water partition coefficient (Wildman–Crippen LogP) is 2.86. The van der Waals surface area contributed by atoms with Crippen LogP contribution in [0.25, 0.3) is 5.57 Å². The number of carboxylic acids is 1. The number of benzene rings is 1. The molecule has 1 aromatic rings. The monoisotopic (exact) mass is 232 g/mol. The lowest BCUT2D eigenvalue weighted by Crippen LogP contribution is -2.31. The largest absolute Gasteiger partial charge is 0.481 e. The normalized spacial score (nSPS) is 16.5. The van der Waals surface area contributed by atoms with E-state index in [1.54, 1.807) is 0 Å². The van der Waals surface area contributed by atoms with Gasteiger partial charge in [-0.15, -0.1) is 0 Å². The number of nitrogens with zero attached hydrogens (tertiary/aromatic N) is 1. The molecule has 17 heavy (non-hydrogen) atoms. The minimum Gasteiger partial charge on any atom is -0.481 e. The van der Waals surface area contributed by atoms with Crippen molar-refractivity contribution in [1.82, 2.24) is 4.48 Å². The number of hydrogen-bond acceptors (Lipinski definition) is 1. The minimum absolute atomic E-state index is 0.243. The van der Waals surface area contributed by atoms with Crippen molar-refractivity contribution in [2.24, 2.45) is 0 Å². The Hall–Kier alpha value is -1.61. The van der Waals surface area contributed by atoms with Gasteiger partial charge in [0.25, 0.3) is 0 Å². The molecule has 2 rings (SSSR count). The SMILES string of the molecule is C[N+]1(C)C=C(CCCC(=O)O)c2ccccc21. The molecule has 1 aliphatic heterocycles. The number of rotatable bonds is 4. The Bertz CT molecular complexity index is 475. The van der Waals surface area contributed by atoms with Crippen molar-refractivity contribution >= 4 is 17.2 Å². The topological polar surface area (TPSA) is 37.3 Å². The number of quaternary nitrogens is 1. The van der Waals surface area contributed by atoms with Gasteiger partial charge in [-0.1, -0.05) is 12.1 Å². The van der Waals surface area contributed by atoms with E-state index in [9.17, 15) is 4.79 Å². The molecule has 0 atom stereocenters. The zero-order chi connectivity index (χ0) is 12.5. The number of carboxylic acid groups (broad SMARTS) is 1. The molecule has 1 aromatic carbocycles. The first-order valence-corrected chi connectivity index (χ1v) is 5.88. The van der Waals surface area contributed by atoms with E-state index in [1.165, 1.54) is 16.8 Å². The molecule has 0 unspecified atom stereocenters. The van der Waals surface area contributed by atoms with Crippen LogP contribution in [0.15, 0.2) is 30.5 Å². The van der Waals surface area contributed by atoms with E-state index in [-0.39, 0.29) is 6.42 Å². The van der Waals surface area contributed by atoms with Gasteiger partial charge in [-0.3, -0.25) is 9.28 Å². The highest BCUT2D eigenvalue weighted by molar-refractivity contribution is 5.82. The number of aliphatic carboxylic acids is 1. The molecule has 0 bridgehead atoms. The number of fused-ring (bicyclic) bond motifs is 1. The van der Waals surface area contributed by atoms with Crippen LogP contribution in [0.5, 0.6) is 0 Å². The third kappa shape index (κ3) is 2.39. The van der Waals surface area contributed by atoms with Gasteiger partial charge in [0.05, 0.1) is 14.1 Å². The molecular weight excluding hydrogens is 214 g/mol. The van der Waals surface area contributed by atoms with Gasteiger partial charge in [-0.25, -0.2) is 0 Å². The Morgan fingerprint density at radius 2 is 2.00 bits per heavy atom. The van der Waals surface area contributed by atoms with Gasteiger partial charge in [0.2, 0.25) is 0 Å². The smallest absolute Gasteiger partial charge is 0.303 e. The average molecular weight is 232 g/mol. The lowest BCUT2D eigenvalue weighted by atomic mass is 10.0. The molecule has 0 radical (unpaired) electrons. The fourth-order valence-corrected chi connectivity index (χ4v) is 2.41.